The number of hydrogen-bond donors (Lipinski definition) is 2. The summed E-state index contributed by atoms with van der Waals surface area (Å²) in [6, 6.07) is 11.5. The molecule has 0 radical (unpaired) electrons. The summed E-state index contributed by atoms with van der Waals surface area (Å²) in [7, 11) is 0. The Bertz CT molecular complexity index is 774. The molecule has 0 bridgehead atoms. The Kier molecular flexibility index (Phi) is 3.48. The number of cyclic esters (lactones) is 1. The monoisotopic (exact) mass is 296 g/mol. The van der Waals surface area contributed by atoms with Crippen LogP contribution in [0.5, 0.6) is 0 Å². The van der Waals surface area contributed by atoms with Crippen molar-refractivity contribution in [2.24, 2.45) is 0 Å². The van der Waals surface area contributed by atoms with Gasteiger partial charge < -0.3 is 14.9 Å². The van der Waals surface area contributed by atoms with E-state index in [0.717, 1.165) is 11.1 Å². The molecule has 1 unspecified atom stereocenters. The van der Waals surface area contributed by atoms with Crippen molar-refractivity contribution in [3.05, 3.63) is 70.3 Å². The van der Waals surface area contributed by atoms with Crippen molar-refractivity contribution in [1.82, 2.24) is 0 Å². The van der Waals surface area contributed by atoms with Gasteiger partial charge in [0.15, 0.2) is 0 Å². The number of hydrogen-bond acceptors (Lipinski definition) is 4. The summed E-state index contributed by atoms with van der Waals surface area (Å²) in [6.07, 6.45) is 2.41. The maximum absolute atomic E-state index is 11.4. The van der Waals surface area contributed by atoms with Crippen LogP contribution in [0.3, 0.4) is 0 Å². The Morgan fingerprint density at radius 2 is 1.68 bits per heavy atom. The average molecular weight is 296 g/mol. The lowest BCUT2D eigenvalue weighted by atomic mass is 10.0. The molecular weight excluding hydrogens is 284 g/mol. The van der Waals surface area contributed by atoms with Gasteiger partial charge in [0, 0.05) is 5.56 Å². The molecular formula is C17H12O5. The molecule has 2 aromatic carbocycles. The topological polar surface area (TPSA) is 83.8 Å². The number of aliphatic hydroxyl groups is 1. The molecule has 5 heteroatoms. The van der Waals surface area contributed by atoms with Gasteiger partial charge in [-0.2, -0.15) is 0 Å². The van der Waals surface area contributed by atoms with Crippen molar-refractivity contribution < 1.29 is 24.5 Å². The first kappa shape index (κ1) is 14.0. The van der Waals surface area contributed by atoms with Crippen molar-refractivity contribution in [2.45, 2.75) is 6.29 Å². The number of fused-ring (bicyclic) bond motifs is 1. The molecule has 1 aliphatic heterocycles. The molecule has 22 heavy (non-hydrogen) atoms. The number of aliphatic hydroxyl groups excluding tert-OH is 1. The lowest BCUT2D eigenvalue weighted by molar-refractivity contribution is -0.0547. The molecule has 3 rings (SSSR count). The molecule has 0 amide bonds. The Hall–Kier alpha value is -2.92. The number of aromatic carboxylic acids is 1. The van der Waals surface area contributed by atoms with E-state index < -0.39 is 18.2 Å². The maximum Gasteiger partial charge on any atom is 0.341 e. The molecule has 0 spiro atoms. The van der Waals surface area contributed by atoms with Gasteiger partial charge in [-0.25, -0.2) is 9.59 Å². The quantitative estimate of drug-likeness (QED) is 0.672. The van der Waals surface area contributed by atoms with Gasteiger partial charge in [-0.1, -0.05) is 30.4 Å². The number of carboxylic acid groups (broad SMARTS) is 1. The fourth-order valence-corrected chi connectivity index (χ4v) is 2.23. The van der Waals surface area contributed by atoms with Gasteiger partial charge in [0.1, 0.15) is 0 Å². The molecule has 110 valence electrons. The van der Waals surface area contributed by atoms with Crippen LogP contribution in [0, 0.1) is 0 Å². The minimum atomic E-state index is -1.22. The molecule has 0 saturated heterocycles. The summed E-state index contributed by atoms with van der Waals surface area (Å²) in [6.45, 7) is 0. The van der Waals surface area contributed by atoms with E-state index in [4.69, 9.17) is 9.84 Å². The highest BCUT2D eigenvalue weighted by Crippen LogP contribution is 2.29. The number of benzene rings is 2. The highest BCUT2D eigenvalue weighted by molar-refractivity contribution is 5.94. The van der Waals surface area contributed by atoms with E-state index in [9.17, 15) is 14.7 Å². The highest BCUT2D eigenvalue weighted by atomic mass is 16.6. The van der Waals surface area contributed by atoms with E-state index in [1.807, 2.05) is 12.2 Å². The van der Waals surface area contributed by atoms with Crippen LogP contribution in [0.2, 0.25) is 0 Å². The average Bonchev–Trinajstić information content (AvgIpc) is 2.80. The second-order valence-electron chi connectivity index (χ2n) is 4.86. The number of carbonyl (C=O) groups excluding carboxylic acids is 1. The van der Waals surface area contributed by atoms with Crippen LogP contribution in [0.4, 0.5) is 0 Å². The minimum Gasteiger partial charge on any atom is -0.478 e. The fraction of sp³-hybridized carbons (Fsp3) is 0.0588. The van der Waals surface area contributed by atoms with Crippen LogP contribution >= 0.6 is 0 Å². The summed E-state index contributed by atoms with van der Waals surface area (Å²) in [5.41, 5.74) is 2.70. The van der Waals surface area contributed by atoms with Crippen molar-refractivity contribution in [3.63, 3.8) is 0 Å². The number of rotatable bonds is 3. The molecule has 5 nitrogen and oxygen atoms in total. The van der Waals surface area contributed by atoms with Crippen LogP contribution in [-0.2, 0) is 4.74 Å². The third kappa shape index (κ3) is 2.62. The second kappa shape index (κ2) is 5.46. The first-order valence-electron chi connectivity index (χ1n) is 6.59. The predicted octanol–water partition coefficient (Wildman–Crippen LogP) is 2.72. The minimum absolute atomic E-state index is 0.230. The molecule has 1 heterocycles. The Labute approximate surface area is 126 Å². The van der Waals surface area contributed by atoms with E-state index in [-0.39, 0.29) is 5.56 Å². The smallest absolute Gasteiger partial charge is 0.341 e. The molecule has 1 atom stereocenters. The van der Waals surface area contributed by atoms with Gasteiger partial charge in [-0.05, 0) is 35.4 Å². The first-order chi connectivity index (χ1) is 10.5. The fourth-order valence-electron chi connectivity index (χ4n) is 2.23. The molecule has 0 fully saturated rings. The Morgan fingerprint density at radius 3 is 2.36 bits per heavy atom. The van der Waals surface area contributed by atoms with E-state index >= 15 is 0 Å². The molecule has 0 aliphatic carbocycles. The zero-order chi connectivity index (χ0) is 15.7. The summed E-state index contributed by atoms with van der Waals surface area (Å²) in [4.78, 5) is 22.2. The van der Waals surface area contributed by atoms with E-state index in [0.29, 0.717) is 11.1 Å². The van der Waals surface area contributed by atoms with Crippen LogP contribution in [0.15, 0.2) is 42.5 Å². The standard InChI is InChI=1S/C17H12O5/c18-15(19)12-6-3-10(4-7-12)1-2-11-5-8-13-14(9-11)17(21)22-16(13)20/h1-9,17,21H,(H,18,19). The Balaban J connectivity index is 1.83. The second-order valence-corrected chi connectivity index (χ2v) is 4.86. The van der Waals surface area contributed by atoms with Gasteiger partial charge in [-0.3, -0.25) is 0 Å². The number of ether oxygens (including phenoxy) is 1. The zero-order valence-corrected chi connectivity index (χ0v) is 11.4. The Morgan fingerprint density at radius 1 is 1.05 bits per heavy atom. The van der Waals surface area contributed by atoms with Gasteiger partial charge in [-0.15, -0.1) is 0 Å². The maximum atomic E-state index is 11.4. The van der Waals surface area contributed by atoms with Crippen molar-refractivity contribution in [2.75, 3.05) is 0 Å². The van der Waals surface area contributed by atoms with Crippen molar-refractivity contribution in [1.29, 1.82) is 0 Å². The first-order valence-corrected chi connectivity index (χ1v) is 6.59. The van der Waals surface area contributed by atoms with Crippen LogP contribution < -0.4 is 0 Å². The normalized spacial score (nSPS) is 16.6. The molecule has 0 saturated carbocycles. The number of carbonyl (C=O) groups is 2. The summed E-state index contributed by atoms with van der Waals surface area (Å²) in [5.74, 6) is -1.49. The molecule has 0 aromatic heterocycles. The summed E-state index contributed by atoms with van der Waals surface area (Å²) >= 11 is 0. The largest absolute Gasteiger partial charge is 0.478 e. The van der Waals surface area contributed by atoms with E-state index in [2.05, 4.69) is 0 Å². The van der Waals surface area contributed by atoms with Crippen LogP contribution in [0.1, 0.15) is 43.7 Å². The summed E-state index contributed by atoms with van der Waals surface area (Å²) < 4.78 is 4.72. The van der Waals surface area contributed by atoms with Crippen LogP contribution in [0.25, 0.3) is 12.2 Å². The van der Waals surface area contributed by atoms with Gasteiger partial charge >= 0.3 is 11.9 Å². The number of carboxylic acids is 1. The third-order valence-electron chi connectivity index (χ3n) is 3.41. The van der Waals surface area contributed by atoms with E-state index in [1.165, 1.54) is 12.1 Å². The van der Waals surface area contributed by atoms with Gasteiger partial charge in [0.2, 0.25) is 6.29 Å². The van der Waals surface area contributed by atoms with Crippen molar-refractivity contribution in [3.8, 4) is 0 Å². The molecule has 2 aromatic rings. The molecule has 1 aliphatic rings. The lowest BCUT2D eigenvalue weighted by Gasteiger charge is -2.02. The van der Waals surface area contributed by atoms with Crippen LogP contribution in [-0.4, -0.2) is 22.2 Å². The van der Waals surface area contributed by atoms with Gasteiger partial charge in [0.25, 0.3) is 0 Å². The predicted molar refractivity (Wildman–Crippen MR) is 79.1 cm³/mol. The van der Waals surface area contributed by atoms with E-state index in [1.54, 1.807) is 30.3 Å². The van der Waals surface area contributed by atoms with Gasteiger partial charge in [0.05, 0.1) is 11.1 Å². The SMILES string of the molecule is O=C(O)c1ccc(C=Cc2ccc3c(c2)C(O)OC3=O)cc1. The zero-order valence-electron chi connectivity index (χ0n) is 11.4. The third-order valence-corrected chi connectivity index (χ3v) is 3.41. The summed E-state index contributed by atoms with van der Waals surface area (Å²) in [5, 5.41) is 18.5. The lowest BCUT2D eigenvalue weighted by Crippen LogP contribution is -1.95. The number of esters is 1. The highest BCUT2D eigenvalue weighted by Gasteiger charge is 2.29. The van der Waals surface area contributed by atoms with Crippen molar-refractivity contribution >= 4 is 24.1 Å². The molecule has 2 N–H and O–H groups in total.